The molecular formula is C18H22FNO. The van der Waals surface area contributed by atoms with E-state index in [0.29, 0.717) is 5.75 Å². The molecule has 2 aromatic rings. The largest absolute Gasteiger partial charge is 0.485 e. The van der Waals surface area contributed by atoms with Gasteiger partial charge in [0.05, 0.1) is 0 Å². The maximum Gasteiger partial charge on any atom is 0.126 e. The van der Waals surface area contributed by atoms with E-state index in [-0.39, 0.29) is 11.9 Å². The van der Waals surface area contributed by atoms with Crippen molar-refractivity contribution in [3.05, 3.63) is 65.5 Å². The minimum absolute atomic E-state index is 0.0749. The molecule has 1 unspecified atom stereocenters. The normalized spacial score (nSPS) is 12.4. The van der Waals surface area contributed by atoms with E-state index in [2.05, 4.69) is 17.0 Å². The number of hydrogen-bond donors (Lipinski definition) is 0. The van der Waals surface area contributed by atoms with Gasteiger partial charge in [-0.05, 0) is 38.2 Å². The molecule has 2 aromatic carbocycles. The highest BCUT2D eigenvalue weighted by molar-refractivity contribution is 5.33. The molecule has 1 atom stereocenters. The molecule has 0 saturated carbocycles. The maximum atomic E-state index is 13.4. The van der Waals surface area contributed by atoms with Crippen LogP contribution in [0.4, 0.5) is 4.39 Å². The summed E-state index contributed by atoms with van der Waals surface area (Å²) in [5.41, 5.74) is 2.06. The standard InChI is InChI=1S/C18H22FNO/c1-14-9-10-16(19)13-18(14)21-17(11-12-20(2)3)15-7-5-4-6-8-15/h4-10,13,17H,11-12H2,1-3H3. The average Bonchev–Trinajstić information content (AvgIpc) is 2.47. The van der Waals surface area contributed by atoms with Crippen LogP contribution in [0.15, 0.2) is 48.5 Å². The topological polar surface area (TPSA) is 12.5 Å². The number of ether oxygens (including phenoxy) is 1. The zero-order valence-corrected chi connectivity index (χ0v) is 12.8. The summed E-state index contributed by atoms with van der Waals surface area (Å²) in [5, 5.41) is 0. The van der Waals surface area contributed by atoms with Gasteiger partial charge in [0.15, 0.2) is 0 Å². The highest BCUT2D eigenvalue weighted by Crippen LogP contribution is 2.28. The lowest BCUT2D eigenvalue weighted by molar-refractivity contribution is 0.178. The molecule has 21 heavy (non-hydrogen) atoms. The number of benzene rings is 2. The minimum Gasteiger partial charge on any atom is -0.485 e. The first-order chi connectivity index (χ1) is 10.1. The lowest BCUT2D eigenvalue weighted by Gasteiger charge is -2.22. The van der Waals surface area contributed by atoms with Crippen molar-refractivity contribution < 1.29 is 9.13 Å². The Hall–Kier alpha value is -1.87. The van der Waals surface area contributed by atoms with E-state index in [1.165, 1.54) is 12.1 Å². The third kappa shape index (κ3) is 4.57. The molecule has 0 amide bonds. The number of nitrogens with zero attached hydrogens (tertiary/aromatic N) is 1. The van der Waals surface area contributed by atoms with Crippen LogP contribution in [-0.4, -0.2) is 25.5 Å². The lowest BCUT2D eigenvalue weighted by atomic mass is 10.1. The van der Waals surface area contributed by atoms with Gasteiger partial charge in [-0.15, -0.1) is 0 Å². The van der Waals surface area contributed by atoms with Crippen molar-refractivity contribution >= 4 is 0 Å². The molecule has 0 fully saturated rings. The zero-order valence-electron chi connectivity index (χ0n) is 12.8. The molecule has 0 aliphatic carbocycles. The molecule has 0 aliphatic rings. The highest BCUT2D eigenvalue weighted by atomic mass is 19.1. The third-order valence-corrected chi connectivity index (χ3v) is 3.43. The fraction of sp³-hybridized carbons (Fsp3) is 0.333. The molecule has 0 N–H and O–H groups in total. The Kier molecular flexibility index (Phi) is 5.34. The van der Waals surface area contributed by atoms with E-state index in [9.17, 15) is 4.39 Å². The maximum absolute atomic E-state index is 13.4. The first-order valence-corrected chi connectivity index (χ1v) is 7.19. The van der Waals surface area contributed by atoms with E-state index in [1.807, 2.05) is 39.2 Å². The lowest BCUT2D eigenvalue weighted by Crippen LogP contribution is -2.19. The quantitative estimate of drug-likeness (QED) is 0.789. The molecule has 0 heterocycles. The highest BCUT2D eigenvalue weighted by Gasteiger charge is 2.15. The van der Waals surface area contributed by atoms with E-state index in [1.54, 1.807) is 6.07 Å². The molecule has 0 aliphatic heterocycles. The number of halogens is 1. The summed E-state index contributed by atoms with van der Waals surface area (Å²) < 4.78 is 19.5. The second kappa shape index (κ2) is 7.23. The molecule has 0 saturated heterocycles. The predicted octanol–water partition coefficient (Wildman–Crippen LogP) is 4.21. The van der Waals surface area contributed by atoms with E-state index >= 15 is 0 Å². The van der Waals surface area contributed by atoms with Crippen LogP contribution in [0.2, 0.25) is 0 Å². The van der Waals surface area contributed by atoms with Gasteiger partial charge in [0.25, 0.3) is 0 Å². The number of hydrogen-bond acceptors (Lipinski definition) is 2. The Labute approximate surface area is 126 Å². The van der Waals surface area contributed by atoms with E-state index < -0.39 is 0 Å². The molecule has 2 nitrogen and oxygen atoms in total. The van der Waals surface area contributed by atoms with E-state index in [0.717, 1.165) is 24.1 Å². The van der Waals surface area contributed by atoms with Crippen LogP contribution in [0, 0.1) is 12.7 Å². The average molecular weight is 287 g/mol. The summed E-state index contributed by atoms with van der Waals surface area (Å²) in [5.74, 6) is 0.345. The molecule has 2 rings (SSSR count). The fourth-order valence-corrected chi connectivity index (χ4v) is 2.19. The monoisotopic (exact) mass is 287 g/mol. The molecule has 0 spiro atoms. The summed E-state index contributed by atoms with van der Waals surface area (Å²) in [6, 6.07) is 14.8. The Balaban J connectivity index is 2.21. The Morgan fingerprint density at radius 3 is 2.48 bits per heavy atom. The summed E-state index contributed by atoms with van der Waals surface area (Å²) in [6.07, 6.45) is 0.779. The zero-order chi connectivity index (χ0) is 15.2. The van der Waals surface area contributed by atoms with Crippen LogP contribution in [0.25, 0.3) is 0 Å². The first-order valence-electron chi connectivity index (χ1n) is 7.19. The summed E-state index contributed by atoms with van der Waals surface area (Å²) in [6.45, 7) is 2.84. The predicted molar refractivity (Wildman–Crippen MR) is 84.1 cm³/mol. The van der Waals surface area contributed by atoms with Gasteiger partial charge in [-0.2, -0.15) is 0 Å². The van der Waals surface area contributed by atoms with E-state index in [4.69, 9.17) is 4.74 Å². The minimum atomic E-state index is -0.268. The second-order valence-corrected chi connectivity index (χ2v) is 5.52. The third-order valence-electron chi connectivity index (χ3n) is 3.43. The Morgan fingerprint density at radius 2 is 1.81 bits per heavy atom. The van der Waals surface area contributed by atoms with Gasteiger partial charge in [0, 0.05) is 19.0 Å². The van der Waals surface area contributed by atoms with Crippen molar-refractivity contribution in [2.24, 2.45) is 0 Å². The van der Waals surface area contributed by atoms with Crippen molar-refractivity contribution in [1.82, 2.24) is 4.90 Å². The summed E-state index contributed by atoms with van der Waals surface area (Å²) in [7, 11) is 4.07. The molecule has 0 aromatic heterocycles. The van der Waals surface area contributed by atoms with Gasteiger partial charge in [0.1, 0.15) is 17.7 Å². The number of aryl methyl sites for hydroxylation is 1. The smallest absolute Gasteiger partial charge is 0.126 e. The van der Waals surface area contributed by atoms with Crippen LogP contribution in [0.3, 0.4) is 0 Å². The molecule has 0 radical (unpaired) electrons. The Morgan fingerprint density at radius 1 is 1.10 bits per heavy atom. The molecule has 0 bridgehead atoms. The molecular weight excluding hydrogens is 265 g/mol. The van der Waals surface area contributed by atoms with Gasteiger partial charge >= 0.3 is 0 Å². The fourth-order valence-electron chi connectivity index (χ4n) is 2.19. The van der Waals surface area contributed by atoms with Gasteiger partial charge in [-0.1, -0.05) is 36.4 Å². The van der Waals surface area contributed by atoms with Crippen molar-refractivity contribution in [3.8, 4) is 5.75 Å². The van der Waals surface area contributed by atoms with Gasteiger partial charge in [0.2, 0.25) is 0 Å². The first kappa shape index (κ1) is 15.5. The van der Waals surface area contributed by atoms with Crippen molar-refractivity contribution in [2.45, 2.75) is 19.4 Å². The molecule has 3 heteroatoms. The second-order valence-electron chi connectivity index (χ2n) is 5.52. The Bertz CT molecular complexity index is 569. The molecule has 112 valence electrons. The van der Waals surface area contributed by atoms with Crippen LogP contribution >= 0.6 is 0 Å². The van der Waals surface area contributed by atoms with Crippen LogP contribution in [0.1, 0.15) is 23.7 Å². The SMILES string of the molecule is Cc1ccc(F)cc1OC(CCN(C)C)c1ccccc1. The summed E-state index contributed by atoms with van der Waals surface area (Å²) in [4.78, 5) is 2.12. The van der Waals surface area contributed by atoms with Crippen molar-refractivity contribution in [1.29, 1.82) is 0 Å². The van der Waals surface area contributed by atoms with Crippen LogP contribution in [0.5, 0.6) is 5.75 Å². The van der Waals surface area contributed by atoms with Gasteiger partial charge < -0.3 is 9.64 Å². The van der Waals surface area contributed by atoms with Gasteiger partial charge in [-0.25, -0.2) is 4.39 Å². The summed E-state index contributed by atoms with van der Waals surface area (Å²) >= 11 is 0. The number of rotatable bonds is 6. The van der Waals surface area contributed by atoms with Crippen LogP contribution < -0.4 is 4.74 Å². The van der Waals surface area contributed by atoms with Crippen molar-refractivity contribution in [2.75, 3.05) is 20.6 Å². The van der Waals surface area contributed by atoms with Crippen molar-refractivity contribution in [3.63, 3.8) is 0 Å². The van der Waals surface area contributed by atoms with Gasteiger partial charge in [-0.3, -0.25) is 0 Å². The van der Waals surface area contributed by atoms with Crippen LogP contribution in [-0.2, 0) is 0 Å².